The molecule has 0 bridgehead atoms. The van der Waals surface area contributed by atoms with Crippen molar-refractivity contribution < 1.29 is 9.84 Å². The Morgan fingerprint density at radius 2 is 2.44 bits per heavy atom. The van der Waals surface area contributed by atoms with Crippen molar-refractivity contribution in [3.8, 4) is 11.5 Å². The number of aromatic hydroxyl groups is 1. The van der Waals surface area contributed by atoms with E-state index in [4.69, 9.17) is 4.74 Å². The van der Waals surface area contributed by atoms with Crippen molar-refractivity contribution in [1.82, 2.24) is 15.1 Å². The van der Waals surface area contributed by atoms with E-state index >= 15 is 0 Å². The lowest BCUT2D eigenvalue weighted by molar-refractivity contribution is 0.309. The summed E-state index contributed by atoms with van der Waals surface area (Å²) in [5, 5.41) is 16.9. The van der Waals surface area contributed by atoms with E-state index in [0.29, 0.717) is 6.61 Å². The van der Waals surface area contributed by atoms with Crippen molar-refractivity contribution in [3.63, 3.8) is 0 Å². The van der Waals surface area contributed by atoms with Gasteiger partial charge in [0.2, 0.25) is 0 Å². The Labute approximate surface area is 105 Å². The lowest BCUT2D eigenvalue weighted by Gasteiger charge is -2.10. The number of phenolic OH excluding ortho intramolecular Hbond substituents is 1. The molecule has 18 heavy (non-hydrogen) atoms. The van der Waals surface area contributed by atoms with Crippen molar-refractivity contribution in [2.75, 3.05) is 6.61 Å². The summed E-state index contributed by atoms with van der Waals surface area (Å²) in [5.74, 6) is 1.00. The maximum Gasteiger partial charge on any atom is 0.127 e. The number of fused-ring (bicyclic) bond motifs is 1. The first-order valence-corrected chi connectivity index (χ1v) is 5.89. The first kappa shape index (κ1) is 11.1. The van der Waals surface area contributed by atoms with Crippen molar-refractivity contribution in [2.45, 2.75) is 12.6 Å². The highest BCUT2D eigenvalue weighted by Gasteiger charge is 2.23. The second-order valence-corrected chi connectivity index (χ2v) is 4.49. The molecule has 0 aliphatic carbocycles. The Kier molecular flexibility index (Phi) is 2.68. The van der Waals surface area contributed by atoms with Crippen LogP contribution in [-0.2, 0) is 13.6 Å². The van der Waals surface area contributed by atoms with E-state index in [1.165, 1.54) is 0 Å². The molecule has 1 unspecified atom stereocenters. The monoisotopic (exact) mass is 245 g/mol. The number of hydrogen-bond donors (Lipinski definition) is 2. The number of benzene rings is 1. The molecule has 2 N–H and O–H groups in total. The maximum absolute atomic E-state index is 9.38. The summed E-state index contributed by atoms with van der Waals surface area (Å²) in [5.41, 5.74) is 2.24. The quantitative estimate of drug-likeness (QED) is 0.857. The molecule has 1 aliphatic rings. The fourth-order valence-corrected chi connectivity index (χ4v) is 2.17. The van der Waals surface area contributed by atoms with Crippen LogP contribution in [0.15, 0.2) is 30.6 Å². The average Bonchev–Trinajstić information content (AvgIpc) is 2.92. The zero-order chi connectivity index (χ0) is 12.5. The fraction of sp³-hybridized carbons (Fsp3) is 0.308. The molecule has 2 heterocycles. The normalized spacial score (nSPS) is 17.5. The lowest BCUT2D eigenvalue weighted by Crippen LogP contribution is -2.21. The molecule has 0 fully saturated rings. The summed E-state index contributed by atoms with van der Waals surface area (Å²) >= 11 is 0. The Bertz CT molecular complexity index is 565. The molecule has 0 radical (unpaired) electrons. The maximum atomic E-state index is 9.38. The highest BCUT2D eigenvalue weighted by atomic mass is 16.5. The summed E-state index contributed by atoms with van der Waals surface area (Å²) in [4.78, 5) is 0. The molecule has 1 aliphatic heterocycles. The van der Waals surface area contributed by atoms with Crippen LogP contribution in [0.1, 0.15) is 17.2 Å². The molecular formula is C13H15N3O2. The largest absolute Gasteiger partial charge is 0.508 e. The molecule has 2 aromatic rings. The van der Waals surface area contributed by atoms with Crippen LogP contribution in [0.3, 0.4) is 0 Å². The molecule has 0 amide bonds. The molecule has 5 nitrogen and oxygen atoms in total. The molecule has 0 saturated carbocycles. The van der Waals surface area contributed by atoms with Gasteiger partial charge in [0.1, 0.15) is 18.1 Å². The van der Waals surface area contributed by atoms with Gasteiger partial charge in [0.15, 0.2) is 0 Å². The number of ether oxygens (including phenoxy) is 1. The third-order valence-corrected chi connectivity index (χ3v) is 3.09. The number of nitrogens with zero attached hydrogens (tertiary/aromatic N) is 2. The van der Waals surface area contributed by atoms with Gasteiger partial charge in [0, 0.05) is 37.0 Å². The number of aryl methyl sites for hydroxylation is 1. The van der Waals surface area contributed by atoms with E-state index in [1.807, 2.05) is 25.5 Å². The van der Waals surface area contributed by atoms with Crippen molar-refractivity contribution in [3.05, 3.63) is 41.7 Å². The molecule has 3 rings (SSSR count). The van der Waals surface area contributed by atoms with Crippen LogP contribution < -0.4 is 10.1 Å². The zero-order valence-corrected chi connectivity index (χ0v) is 10.1. The summed E-state index contributed by atoms with van der Waals surface area (Å²) in [6.45, 7) is 1.35. The van der Waals surface area contributed by atoms with Crippen LogP contribution in [0, 0.1) is 0 Å². The minimum atomic E-state index is 0.167. The molecule has 0 spiro atoms. The second kappa shape index (κ2) is 4.34. The van der Waals surface area contributed by atoms with Crippen LogP contribution in [-0.4, -0.2) is 21.5 Å². The fourth-order valence-electron chi connectivity index (χ4n) is 2.17. The number of phenols is 1. The summed E-state index contributed by atoms with van der Waals surface area (Å²) in [7, 11) is 1.90. The number of nitrogens with one attached hydrogen (secondary N) is 1. The van der Waals surface area contributed by atoms with Crippen molar-refractivity contribution in [2.24, 2.45) is 7.05 Å². The summed E-state index contributed by atoms with van der Waals surface area (Å²) in [6.07, 6.45) is 3.83. The summed E-state index contributed by atoms with van der Waals surface area (Å²) in [6, 6.07) is 5.41. The topological polar surface area (TPSA) is 59.3 Å². The Balaban J connectivity index is 1.69. The van der Waals surface area contributed by atoms with Crippen LogP contribution in [0.5, 0.6) is 11.5 Å². The van der Waals surface area contributed by atoms with Gasteiger partial charge in [-0.3, -0.25) is 4.68 Å². The van der Waals surface area contributed by atoms with Gasteiger partial charge in [-0.25, -0.2) is 0 Å². The standard InChI is InChI=1S/C13H15N3O2/c1-16-7-9(6-15-16)5-14-12-8-18-13-4-10(17)2-3-11(12)13/h2-4,6-7,12,14,17H,5,8H2,1H3. The SMILES string of the molecule is Cn1cc(CNC2COc3cc(O)ccc32)cn1. The predicted molar refractivity (Wildman–Crippen MR) is 66.4 cm³/mol. The number of hydrogen-bond acceptors (Lipinski definition) is 4. The van der Waals surface area contributed by atoms with E-state index in [2.05, 4.69) is 10.4 Å². The molecule has 94 valence electrons. The Morgan fingerprint density at radius 3 is 3.22 bits per heavy atom. The molecule has 1 aromatic heterocycles. The Morgan fingerprint density at radius 1 is 1.56 bits per heavy atom. The third kappa shape index (κ3) is 2.04. The first-order valence-electron chi connectivity index (χ1n) is 5.89. The average molecular weight is 245 g/mol. The van der Waals surface area contributed by atoms with Crippen LogP contribution in [0.25, 0.3) is 0 Å². The number of aromatic nitrogens is 2. The third-order valence-electron chi connectivity index (χ3n) is 3.09. The molecule has 5 heteroatoms. The Hall–Kier alpha value is -2.01. The van der Waals surface area contributed by atoms with Crippen molar-refractivity contribution in [1.29, 1.82) is 0 Å². The molecule has 0 saturated heterocycles. The van der Waals surface area contributed by atoms with Gasteiger partial charge in [-0.2, -0.15) is 5.10 Å². The number of rotatable bonds is 3. The predicted octanol–water partition coefficient (Wildman–Crippen LogP) is 1.35. The molecule has 1 atom stereocenters. The highest BCUT2D eigenvalue weighted by Crippen LogP contribution is 2.34. The van der Waals surface area contributed by atoms with Crippen LogP contribution in [0.2, 0.25) is 0 Å². The van der Waals surface area contributed by atoms with Gasteiger partial charge in [-0.1, -0.05) is 0 Å². The first-order chi connectivity index (χ1) is 8.72. The summed E-state index contributed by atoms with van der Waals surface area (Å²) < 4.78 is 7.33. The molecule has 1 aromatic carbocycles. The minimum absolute atomic E-state index is 0.167. The van der Waals surface area contributed by atoms with Gasteiger partial charge in [0.25, 0.3) is 0 Å². The zero-order valence-electron chi connectivity index (χ0n) is 10.1. The smallest absolute Gasteiger partial charge is 0.127 e. The van der Waals surface area contributed by atoms with Gasteiger partial charge in [-0.05, 0) is 12.1 Å². The van der Waals surface area contributed by atoms with Gasteiger partial charge >= 0.3 is 0 Å². The van der Waals surface area contributed by atoms with E-state index < -0.39 is 0 Å². The van der Waals surface area contributed by atoms with E-state index in [9.17, 15) is 5.11 Å². The lowest BCUT2D eigenvalue weighted by atomic mass is 10.1. The van der Waals surface area contributed by atoms with Gasteiger partial charge in [0.05, 0.1) is 12.2 Å². The van der Waals surface area contributed by atoms with E-state index in [1.54, 1.807) is 16.8 Å². The van der Waals surface area contributed by atoms with Gasteiger partial charge < -0.3 is 15.2 Å². The van der Waals surface area contributed by atoms with Crippen LogP contribution in [0.4, 0.5) is 0 Å². The van der Waals surface area contributed by atoms with E-state index in [0.717, 1.165) is 23.4 Å². The van der Waals surface area contributed by atoms with Crippen LogP contribution >= 0.6 is 0 Å². The second-order valence-electron chi connectivity index (χ2n) is 4.49. The van der Waals surface area contributed by atoms with E-state index in [-0.39, 0.29) is 11.8 Å². The van der Waals surface area contributed by atoms with Gasteiger partial charge in [-0.15, -0.1) is 0 Å². The highest BCUT2D eigenvalue weighted by molar-refractivity contribution is 5.44. The minimum Gasteiger partial charge on any atom is -0.508 e. The van der Waals surface area contributed by atoms with Crippen molar-refractivity contribution >= 4 is 0 Å². The molecular weight excluding hydrogens is 230 g/mol.